The molecule has 2 heterocycles. The summed E-state index contributed by atoms with van der Waals surface area (Å²) in [6.07, 6.45) is 0.803. The number of carbonyl (C=O) groups is 1. The van der Waals surface area contributed by atoms with Crippen molar-refractivity contribution < 1.29 is 14.3 Å². The van der Waals surface area contributed by atoms with Crippen molar-refractivity contribution in [1.29, 1.82) is 5.26 Å². The molecule has 2 rings (SSSR count). The standard InChI is InChI=1S/C11H12N4O3/c1-17-11(16)9-7-15(4-5-18-9)10-8(6-12)2-3-13-14-10/h2-3,9H,4-5,7H2,1H3. The summed E-state index contributed by atoms with van der Waals surface area (Å²) in [6, 6.07) is 3.64. The third-order valence-corrected chi connectivity index (χ3v) is 2.65. The maximum Gasteiger partial charge on any atom is 0.336 e. The normalized spacial score (nSPS) is 19.1. The molecule has 1 aromatic heterocycles. The van der Waals surface area contributed by atoms with E-state index in [9.17, 15) is 4.79 Å². The molecule has 7 nitrogen and oxygen atoms in total. The van der Waals surface area contributed by atoms with Crippen LogP contribution in [0.3, 0.4) is 0 Å². The number of esters is 1. The molecule has 1 saturated heterocycles. The van der Waals surface area contributed by atoms with Crippen molar-refractivity contribution in [3.63, 3.8) is 0 Å². The van der Waals surface area contributed by atoms with E-state index in [0.717, 1.165) is 0 Å². The van der Waals surface area contributed by atoms with Crippen molar-refractivity contribution in [3.8, 4) is 6.07 Å². The van der Waals surface area contributed by atoms with Gasteiger partial charge in [0.2, 0.25) is 0 Å². The van der Waals surface area contributed by atoms with E-state index in [1.54, 1.807) is 11.0 Å². The Morgan fingerprint density at radius 1 is 1.72 bits per heavy atom. The molecule has 1 unspecified atom stereocenters. The number of carbonyl (C=O) groups excluding carboxylic acids is 1. The van der Waals surface area contributed by atoms with Crippen LogP contribution in [0.4, 0.5) is 5.82 Å². The summed E-state index contributed by atoms with van der Waals surface area (Å²) in [7, 11) is 1.31. The Bertz CT molecular complexity index is 485. The highest BCUT2D eigenvalue weighted by molar-refractivity contribution is 5.75. The number of anilines is 1. The fraction of sp³-hybridized carbons (Fsp3) is 0.455. The first-order valence-corrected chi connectivity index (χ1v) is 5.42. The SMILES string of the molecule is COC(=O)C1CN(c2nnccc2C#N)CCO1. The van der Waals surface area contributed by atoms with Crippen molar-refractivity contribution in [2.45, 2.75) is 6.10 Å². The Kier molecular flexibility index (Phi) is 3.69. The number of morpholine rings is 1. The van der Waals surface area contributed by atoms with Crippen LogP contribution < -0.4 is 4.90 Å². The van der Waals surface area contributed by atoms with E-state index in [1.807, 2.05) is 6.07 Å². The van der Waals surface area contributed by atoms with E-state index in [1.165, 1.54) is 13.3 Å². The summed E-state index contributed by atoms with van der Waals surface area (Å²) in [4.78, 5) is 13.2. The van der Waals surface area contributed by atoms with E-state index in [0.29, 0.717) is 31.1 Å². The molecule has 0 amide bonds. The maximum absolute atomic E-state index is 11.4. The fourth-order valence-corrected chi connectivity index (χ4v) is 1.76. The van der Waals surface area contributed by atoms with Crippen LogP contribution in [0.5, 0.6) is 0 Å². The number of nitriles is 1. The van der Waals surface area contributed by atoms with Crippen LogP contribution in [0.25, 0.3) is 0 Å². The van der Waals surface area contributed by atoms with Gasteiger partial charge < -0.3 is 14.4 Å². The molecule has 94 valence electrons. The molecule has 0 saturated carbocycles. The molecular formula is C11H12N4O3. The van der Waals surface area contributed by atoms with Crippen LogP contribution in [0.1, 0.15) is 5.56 Å². The zero-order chi connectivity index (χ0) is 13.0. The van der Waals surface area contributed by atoms with Crippen LogP contribution in [0.15, 0.2) is 12.3 Å². The lowest BCUT2D eigenvalue weighted by Gasteiger charge is -2.32. The fourth-order valence-electron chi connectivity index (χ4n) is 1.76. The van der Waals surface area contributed by atoms with Crippen LogP contribution in [0, 0.1) is 11.3 Å². The van der Waals surface area contributed by atoms with Crippen molar-refractivity contribution in [2.24, 2.45) is 0 Å². The Hall–Kier alpha value is -2.20. The number of rotatable bonds is 2. The van der Waals surface area contributed by atoms with Gasteiger partial charge in [-0.2, -0.15) is 10.4 Å². The topological polar surface area (TPSA) is 88.3 Å². The van der Waals surface area contributed by atoms with E-state index in [2.05, 4.69) is 14.9 Å². The first kappa shape index (κ1) is 12.3. The number of hydrogen-bond acceptors (Lipinski definition) is 7. The lowest BCUT2D eigenvalue weighted by atomic mass is 10.2. The van der Waals surface area contributed by atoms with Gasteiger partial charge in [-0.05, 0) is 6.07 Å². The Morgan fingerprint density at radius 2 is 2.56 bits per heavy atom. The van der Waals surface area contributed by atoms with Crippen LogP contribution in [-0.4, -0.2) is 49.1 Å². The zero-order valence-corrected chi connectivity index (χ0v) is 9.87. The molecule has 0 spiro atoms. The van der Waals surface area contributed by atoms with Crippen LogP contribution in [0.2, 0.25) is 0 Å². The van der Waals surface area contributed by atoms with Crippen molar-refractivity contribution >= 4 is 11.8 Å². The summed E-state index contributed by atoms with van der Waals surface area (Å²) < 4.78 is 9.95. The molecule has 1 fully saturated rings. The smallest absolute Gasteiger partial charge is 0.336 e. The summed E-state index contributed by atoms with van der Waals surface area (Å²) in [5.41, 5.74) is 0.426. The molecule has 0 radical (unpaired) electrons. The molecular weight excluding hydrogens is 236 g/mol. The average Bonchev–Trinajstić information content (AvgIpc) is 2.46. The van der Waals surface area contributed by atoms with E-state index in [-0.39, 0.29) is 0 Å². The number of nitrogens with zero attached hydrogens (tertiary/aromatic N) is 4. The minimum absolute atomic E-state index is 0.306. The molecule has 1 aromatic rings. The van der Waals surface area contributed by atoms with Crippen molar-refractivity contribution in [2.75, 3.05) is 31.7 Å². The number of methoxy groups -OCH3 is 1. The van der Waals surface area contributed by atoms with Crippen molar-refractivity contribution in [3.05, 3.63) is 17.8 Å². The van der Waals surface area contributed by atoms with Gasteiger partial charge in [0, 0.05) is 6.54 Å². The molecule has 0 aliphatic carbocycles. The largest absolute Gasteiger partial charge is 0.467 e. The first-order chi connectivity index (χ1) is 8.76. The second-order valence-corrected chi connectivity index (χ2v) is 3.71. The van der Waals surface area contributed by atoms with Gasteiger partial charge in [0.1, 0.15) is 6.07 Å². The molecule has 1 aliphatic heterocycles. The van der Waals surface area contributed by atoms with E-state index in [4.69, 9.17) is 10.00 Å². The maximum atomic E-state index is 11.4. The minimum atomic E-state index is -0.655. The van der Waals surface area contributed by atoms with Gasteiger partial charge in [0.15, 0.2) is 11.9 Å². The van der Waals surface area contributed by atoms with Gasteiger partial charge in [0.05, 0.1) is 32.0 Å². The Labute approximate surface area is 104 Å². The third kappa shape index (κ3) is 2.38. The monoisotopic (exact) mass is 248 g/mol. The molecule has 7 heteroatoms. The number of hydrogen-bond donors (Lipinski definition) is 0. The summed E-state index contributed by atoms with van der Waals surface area (Å²) in [5.74, 6) is 0.0410. The molecule has 0 aromatic carbocycles. The zero-order valence-electron chi connectivity index (χ0n) is 9.87. The Balaban J connectivity index is 2.18. The summed E-state index contributed by atoms with van der Waals surface area (Å²) >= 11 is 0. The van der Waals surface area contributed by atoms with Gasteiger partial charge >= 0.3 is 5.97 Å². The van der Waals surface area contributed by atoms with E-state index < -0.39 is 12.1 Å². The lowest BCUT2D eigenvalue weighted by Crippen LogP contribution is -2.47. The highest BCUT2D eigenvalue weighted by Crippen LogP contribution is 2.18. The minimum Gasteiger partial charge on any atom is -0.467 e. The quantitative estimate of drug-likeness (QED) is 0.665. The van der Waals surface area contributed by atoms with Crippen molar-refractivity contribution in [1.82, 2.24) is 10.2 Å². The van der Waals surface area contributed by atoms with Crippen LogP contribution >= 0.6 is 0 Å². The van der Waals surface area contributed by atoms with Gasteiger partial charge in [-0.3, -0.25) is 0 Å². The summed E-state index contributed by atoms with van der Waals surface area (Å²) in [6.45, 7) is 1.24. The molecule has 0 N–H and O–H groups in total. The third-order valence-electron chi connectivity index (χ3n) is 2.65. The predicted molar refractivity (Wildman–Crippen MR) is 60.7 cm³/mol. The van der Waals surface area contributed by atoms with E-state index >= 15 is 0 Å². The molecule has 0 bridgehead atoms. The molecule has 1 aliphatic rings. The van der Waals surface area contributed by atoms with Gasteiger partial charge in [-0.25, -0.2) is 4.79 Å². The molecule has 1 atom stereocenters. The second-order valence-electron chi connectivity index (χ2n) is 3.71. The summed E-state index contributed by atoms with van der Waals surface area (Å²) in [5, 5.41) is 16.7. The predicted octanol–water partition coefficient (Wildman–Crippen LogP) is -0.274. The second kappa shape index (κ2) is 5.42. The van der Waals surface area contributed by atoms with Crippen LogP contribution in [-0.2, 0) is 14.3 Å². The first-order valence-electron chi connectivity index (χ1n) is 5.42. The average molecular weight is 248 g/mol. The highest BCUT2D eigenvalue weighted by Gasteiger charge is 2.29. The number of aromatic nitrogens is 2. The lowest BCUT2D eigenvalue weighted by molar-refractivity contribution is -0.154. The Morgan fingerprint density at radius 3 is 3.28 bits per heavy atom. The van der Waals surface area contributed by atoms with Gasteiger partial charge in [-0.15, -0.1) is 5.10 Å². The number of ether oxygens (including phenoxy) is 2. The molecule has 18 heavy (non-hydrogen) atoms. The van der Waals surface area contributed by atoms with Gasteiger partial charge in [0.25, 0.3) is 0 Å². The van der Waals surface area contributed by atoms with Gasteiger partial charge in [-0.1, -0.05) is 0 Å². The highest BCUT2D eigenvalue weighted by atomic mass is 16.6.